The van der Waals surface area contributed by atoms with E-state index in [0.29, 0.717) is 24.0 Å². The molecule has 2 heteroatoms. The molecule has 0 spiro atoms. The summed E-state index contributed by atoms with van der Waals surface area (Å²) in [7, 11) is 0. The highest BCUT2D eigenvalue weighted by molar-refractivity contribution is 5.88. The van der Waals surface area contributed by atoms with Crippen LogP contribution in [0.5, 0.6) is 0 Å². The molecule has 2 atom stereocenters. The summed E-state index contributed by atoms with van der Waals surface area (Å²) in [5, 5.41) is 0. The summed E-state index contributed by atoms with van der Waals surface area (Å²) < 4.78 is 5.27. The van der Waals surface area contributed by atoms with Crippen molar-refractivity contribution in [2.45, 2.75) is 53.9 Å². The summed E-state index contributed by atoms with van der Waals surface area (Å²) >= 11 is 0. The molecule has 0 aliphatic carbocycles. The van der Waals surface area contributed by atoms with Crippen LogP contribution in [0.2, 0.25) is 0 Å². The lowest BCUT2D eigenvalue weighted by atomic mass is 9.87. The van der Waals surface area contributed by atoms with Crippen LogP contribution < -0.4 is 0 Å². The topological polar surface area (TPSA) is 26.3 Å². The van der Waals surface area contributed by atoms with Crippen LogP contribution in [0.25, 0.3) is 0 Å². The normalized spacial score (nSPS) is 14.5. The molecule has 0 aromatic heterocycles. The third kappa shape index (κ3) is 5.90. The van der Waals surface area contributed by atoms with E-state index >= 15 is 0 Å². The van der Waals surface area contributed by atoms with Gasteiger partial charge in [0.05, 0.1) is 6.61 Å². The van der Waals surface area contributed by atoms with E-state index in [-0.39, 0.29) is 11.9 Å². The Morgan fingerprint density at radius 1 is 1.18 bits per heavy atom. The maximum absolute atomic E-state index is 11.8. The molecule has 0 bridgehead atoms. The first-order valence-corrected chi connectivity index (χ1v) is 6.79. The predicted octanol–water partition coefficient (Wildman–Crippen LogP) is 4.20. The maximum atomic E-state index is 11.8. The Kier molecular flexibility index (Phi) is 7.94. The van der Waals surface area contributed by atoms with Crippen LogP contribution in [0, 0.1) is 17.8 Å². The van der Waals surface area contributed by atoms with Crippen molar-refractivity contribution in [1.29, 1.82) is 0 Å². The molecule has 0 aromatic carbocycles. The van der Waals surface area contributed by atoms with Crippen LogP contribution in [-0.2, 0) is 9.53 Å². The Morgan fingerprint density at radius 3 is 2.18 bits per heavy atom. The van der Waals surface area contributed by atoms with Gasteiger partial charge in [-0.25, -0.2) is 4.79 Å². The fourth-order valence-corrected chi connectivity index (χ4v) is 1.92. The van der Waals surface area contributed by atoms with Gasteiger partial charge in [-0.1, -0.05) is 47.6 Å². The Hall–Kier alpha value is -0.790. The molecule has 0 saturated carbocycles. The van der Waals surface area contributed by atoms with Gasteiger partial charge in [-0.3, -0.25) is 0 Å². The van der Waals surface area contributed by atoms with Crippen molar-refractivity contribution in [3.8, 4) is 0 Å². The van der Waals surface area contributed by atoms with Crippen LogP contribution in [0.1, 0.15) is 53.9 Å². The molecule has 0 aromatic rings. The second kappa shape index (κ2) is 8.32. The lowest BCUT2D eigenvalue weighted by Crippen LogP contribution is -2.19. The monoisotopic (exact) mass is 240 g/mol. The molecule has 0 radical (unpaired) electrons. The first-order valence-electron chi connectivity index (χ1n) is 6.79. The molecule has 0 heterocycles. The van der Waals surface area contributed by atoms with Crippen molar-refractivity contribution in [2.24, 2.45) is 17.8 Å². The number of esters is 1. The molecule has 0 saturated heterocycles. The largest absolute Gasteiger partial charge is 0.462 e. The third-order valence-corrected chi connectivity index (χ3v) is 3.50. The van der Waals surface area contributed by atoms with E-state index in [1.165, 1.54) is 0 Å². The molecular weight excluding hydrogens is 212 g/mol. The van der Waals surface area contributed by atoms with E-state index < -0.39 is 0 Å². The lowest BCUT2D eigenvalue weighted by molar-refractivity contribution is -0.140. The highest BCUT2D eigenvalue weighted by Gasteiger charge is 2.21. The second-order valence-corrected chi connectivity index (χ2v) is 5.22. The van der Waals surface area contributed by atoms with E-state index in [9.17, 15) is 4.79 Å². The van der Waals surface area contributed by atoms with Gasteiger partial charge in [-0.2, -0.15) is 0 Å². The minimum Gasteiger partial charge on any atom is -0.462 e. The summed E-state index contributed by atoms with van der Waals surface area (Å²) in [6.07, 6.45) is 3.01. The number of carbonyl (C=O) groups excluding carboxylic acids is 1. The highest BCUT2D eigenvalue weighted by Crippen LogP contribution is 2.23. The van der Waals surface area contributed by atoms with Crippen molar-refractivity contribution in [2.75, 3.05) is 6.61 Å². The Bertz CT molecular complexity index is 243. The minimum atomic E-state index is -0.214. The average Bonchev–Trinajstić information content (AvgIpc) is 2.28. The molecule has 100 valence electrons. The number of hydrogen-bond acceptors (Lipinski definition) is 2. The van der Waals surface area contributed by atoms with Gasteiger partial charge in [0.2, 0.25) is 0 Å². The minimum absolute atomic E-state index is 0.214. The molecule has 2 nitrogen and oxygen atoms in total. The van der Waals surface area contributed by atoms with Crippen molar-refractivity contribution < 1.29 is 9.53 Å². The Balaban J connectivity index is 4.09. The zero-order valence-electron chi connectivity index (χ0n) is 12.1. The summed E-state index contributed by atoms with van der Waals surface area (Å²) in [4.78, 5) is 11.8. The van der Waals surface area contributed by atoms with Crippen molar-refractivity contribution in [3.63, 3.8) is 0 Å². The number of ether oxygens (including phenoxy) is 1. The molecule has 0 amide bonds. The molecule has 17 heavy (non-hydrogen) atoms. The average molecular weight is 240 g/mol. The van der Waals surface area contributed by atoms with E-state index in [4.69, 9.17) is 4.74 Å². The number of carbonyl (C=O) groups is 1. The van der Waals surface area contributed by atoms with Crippen molar-refractivity contribution >= 4 is 5.97 Å². The third-order valence-electron chi connectivity index (χ3n) is 3.50. The van der Waals surface area contributed by atoms with Gasteiger partial charge in [0, 0.05) is 5.57 Å². The van der Waals surface area contributed by atoms with E-state index in [1.54, 1.807) is 0 Å². The summed E-state index contributed by atoms with van der Waals surface area (Å²) in [5.74, 6) is 1.08. The zero-order valence-corrected chi connectivity index (χ0v) is 12.1. The summed E-state index contributed by atoms with van der Waals surface area (Å²) in [6.45, 7) is 15.0. The van der Waals surface area contributed by atoms with Crippen LogP contribution in [0.15, 0.2) is 12.2 Å². The Labute approximate surface area is 106 Å². The van der Waals surface area contributed by atoms with Gasteiger partial charge in [0.25, 0.3) is 0 Å². The Morgan fingerprint density at radius 2 is 1.76 bits per heavy atom. The second-order valence-electron chi connectivity index (χ2n) is 5.22. The predicted molar refractivity (Wildman–Crippen MR) is 72.8 cm³/mol. The smallest absolute Gasteiger partial charge is 0.333 e. The van der Waals surface area contributed by atoms with E-state index in [0.717, 1.165) is 19.3 Å². The van der Waals surface area contributed by atoms with Gasteiger partial charge >= 0.3 is 5.97 Å². The first-order chi connectivity index (χ1) is 7.93. The van der Waals surface area contributed by atoms with Crippen LogP contribution >= 0.6 is 0 Å². The standard InChI is InChI=1S/C15H28O2/c1-7-12(5)9-10-17-15(16)13(6)14(8-2)11(3)4/h11-12,14H,6-10H2,1-5H3. The van der Waals surface area contributed by atoms with Crippen molar-refractivity contribution in [1.82, 2.24) is 0 Å². The van der Waals surface area contributed by atoms with Crippen LogP contribution in [0.3, 0.4) is 0 Å². The van der Waals surface area contributed by atoms with Crippen molar-refractivity contribution in [3.05, 3.63) is 12.2 Å². The molecule has 2 unspecified atom stereocenters. The highest BCUT2D eigenvalue weighted by atomic mass is 16.5. The molecule has 0 aliphatic heterocycles. The van der Waals surface area contributed by atoms with Gasteiger partial charge in [0.1, 0.15) is 0 Å². The van der Waals surface area contributed by atoms with E-state index in [1.807, 2.05) is 0 Å². The van der Waals surface area contributed by atoms with Gasteiger partial charge in [0.15, 0.2) is 0 Å². The van der Waals surface area contributed by atoms with Crippen LogP contribution in [-0.4, -0.2) is 12.6 Å². The number of rotatable bonds is 8. The zero-order chi connectivity index (χ0) is 13.4. The van der Waals surface area contributed by atoms with Gasteiger partial charge in [-0.05, 0) is 30.6 Å². The van der Waals surface area contributed by atoms with Gasteiger partial charge in [-0.15, -0.1) is 0 Å². The quantitative estimate of drug-likeness (QED) is 0.469. The molecule has 0 rings (SSSR count). The molecule has 0 fully saturated rings. The molecule has 0 N–H and O–H groups in total. The van der Waals surface area contributed by atoms with E-state index in [2.05, 4.69) is 41.2 Å². The fourth-order valence-electron chi connectivity index (χ4n) is 1.92. The summed E-state index contributed by atoms with van der Waals surface area (Å²) in [6, 6.07) is 0. The first kappa shape index (κ1) is 16.2. The molecule has 0 aliphatic rings. The fraction of sp³-hybridized carbons (Fsp3) is 0.800. The number of hydrogen-bond donors (Lipinski definition) is 0. The SMILES string of the molecule is C=C(C(=O)OCCC(C)CC)C(CC)C(C)C. The van der Waals surface area contributed by atoms with Gasteiger partial charge < -0.3 is 4.74 Å². The molecular formula is C15H28O2. The maximum Gasteiger partial charge on any atom is 0.333 e. The lowest BCUT2D eigenvalue weighted by Gasteiger charge is -2.20. The summed E-state index contributed by atoms with van der Waals surface area (Å²) in [5.41, 5.74) is 0.631. The van der Waals surface area contributed by atoms with Crippen LogP contribution in [0.4, 0.5) is 0 Å².